The van der Waals surface area contributed by atoms with Crippen LogP contribution in [0.5, 0.6) is 0 Å². The lowest BCUT2D eigenvalue weighted by Crippen LogP contribution is -2.36. The van der Waals surface area contributed by atoms with Crippen LogP contribution >= 0.6 is 11.6 Å². The van der Waals surface area contributed by atoms with Gasteiger partial charge in [0, 0.05) is 25.8 Å². The fourth-order valence-electron chi connectivity index (χ4n) is 4.73. The molecule has 3 heterocycles. The number of hydrogen-bond donors (Lipinski definition) is 0. The number of hydrogen-bond acceptors (Lipinski definition) is 3. The number of benzene rings is 2. The molecule has 2 aromatic carbocycles. The highest BCUT2D eigenvalue weighted by molar-refractivity contribution is 6.37. The van der Waals surface area contributed by atoms with Gasteiger partial charge in [0.05, 0.1) is 22.4 Å². The van der Waals surface area contributed by atoms with Crippen LogP contribution in [0.15, 0.2) is 66.1 Å². The molecule has 0 atom stereocenters. The standard InChI is InChI=1S/C26H28ClFN4/c1-30-10-7-19(8-11-30)15-31-12-9-23(24(27)17-31)21-5-6-25-26(14-21)32(18-29-25)16-20-3-2-4-22(28)13-20/h2-6,9,13-14,17-19H,7-8,10-12,15-16H2,1H3. The van der Waals surface area contributed by atoms with Gasteiger partial charge < -0.3 is 14.4 Å². The number of likely N-dealkylation sites (tertiary alicyclic amines) is 1. The first-order chi connectivity index (χ1) is 15.5. The Morgan fingerprint density at radius 3 is 2.75 bits per heavy atom. The van der Waals surface area contributed by atoms with Crippen molar-refractivity contribution in [2.75, 3.05) is 33.2 Å². The number of piperidine rings is 1. The number of imidazole rings is 1. The first-order valence-corrected chi connectivity index (χ1v) is 11.6. The average Bonchev–Trinajstić information content (AvgIpc) is 3.17. The third-order valence-electron chi connectivity index (χ3n) is 6.59. The molecule has 2 aliphatic rings. The summed E-state index contributed by atoms with van der Waals surface area (Å²) in [6.45, 7) is 4.87. The zero-order valence-electron chi connectivity index (χ0n) is 18.3. The van der Waals surface area contributed by atoms with E-state index in [1.165, 1.54) is 32.0 Å². The molecule has 166 valence electrons. The van der Waals surface area contributed by atoms with E-state index in [4.69, 9.17) is 11.6 Å². The van der Waals surface area contributed by atoms with E-state index in [2.05, 4.69) is 50.8 Å². The van der Waals surface area contributed by atoms with Crippen molar-refractivity contribution in [1.29, 1.82) is 0 Å². The summed E-state index contributed by atoms with van der Waals surface area (Å²) in [6.07, 6.45) is 8.65. The first-order valence-electron chi connectivity index (χ1n) is 11.3. The Bertz CT molecular complexity index is 1170. The molecule has 0 amide bonds. The van der Waals surface area contributed by atoms with E-state index in [1.807, 2.05) is 18.5 Å². The van der Waals surface area contributed by atoms with E-state index >= 15 is 0 Å². The summed E-state index contributed by atoms with van der Waals surface area (Å²) >= 11 is 6.74. The molecule has 0 N–H and O–H groups in total. The highest BCUT2D eigenvalue weighted by Crippen LogP contribution is 2.32. The van der Waals surface area contributed by atoms with Crippen LogP contribution in [0.2, 0.25) is 0 Å². The highest BCUT2D eigenvalue weighted by atomic mass is 35.5. The van der Waals surface area contributed by atoms with Gasteiger partial charge in [-0.3, -0.25) is 0 Å². The maximum atomic E-state index is 13.6. The number of nitrogens with zero attached hydrogens (tertiary/aromatic N) is 4. The fraction of sp³-hybridized carbons (Fsp3) is 0.346. The van der Waals surface area contributed by atoms with E-state index in [1.54, 1.807) is 12.1 Å². The third kappa shape index (κ3) is 4.59. The molecule has 0 saturated carbocycles. The molecule has 0 spiro atoms. The maximum absolute atomic E-state index is 13.6. The van der Waals surface area contributed by atoms with Crippen molar-refractivity contribution in [3.05, 3.63) is 83.0 Å². The second kappa shape index (κ2) is 9.08. The monoisotopic (exact) mass is 450 g/mol. The Balaban J connectivity index is 1.33. The Morgan fingerprint density at radius 2 is 1.97 bits per heavy atom. The molecule has 2 aliphatic heterocycles. The number of rotatable bonds is 5. The van der Waals surface area contributed by atoms with Crippen LogP contribution in [0, 0.1) is 11.7 Å². The van der Waals surface area contributed by atoms with Crippen molar-refractivity contribution in [2.24, 2.45) is 5.92 Å². The van der Waals surface area contributed by atoms with Crippen molar-refractivity contribution in [1.82, 2.24) is 19.4 Å². The zero-order chi connectivity index (χ0) is 22.1. The number of halogens is 2. The average molecular weight is 451 g/mol. The van der Waals surface area contributed by atoms with E-state index < -0.39 is 0 Å². The molecular formula is C26H28ClFN4. The van der Waals surface area contributed by atoms with E-state index in [0.717, 1.165) is 51.8 Å². The van der Waals surface area contributed by atoms with Gasteiger partial charge in [-0.05, 0) is 79.9 Å². The summed E-state index contributed by atoms with van der Waals surface area (Å²) in [5.41, 5.74) is 5.00. The summed E-state index contributed by atoms with van der Waals surface area (Å²) in [4.78, 5) is 9.26. The Hall–Kier alpha value is -2.63. The molecule has 3 aromatic rings. The van der Waals surface area contributed by atoms with Gasteiger partial charge in [0.1, 0.15) is 5.82 Å². The normalized spacial score (nSPS) is 18.2. The Kier molecular flexibility index (Phi) is 6.03. The molecule has 1 saturated heterocycles. The van der Waals surface area contributed by atoms with Gasteiger partial charge in [0.15, 0.2) is 0 Å². The lowest BCUT2D eigenvalue weighted by atomic mass is 9.96. The number of allylic oxidation sites excluding steroid dienone is 2. The lowest BCUT2D eigenvalue weighted by molar-refractivity contribution is 0.190. The predicted octanol–water partition coefficient (Wildman–Crippen LogP) is 5.34. The molecule has 1 aromatic heterocycles. The minimum Gasteiger partial charge on any atom is -0.372 e. The number of fused-ring (bicyclic) bond motifs is 1. The summed E-state index contributed by atoms with van der Waals surface area (Å²) < 4.78 is 15.7. The molecule has 0 unspecified atom stereocenters. The Labute approximate surface area is 193 Å². The van der Waals surface area contributed by atoms with E-state index in [-0.39, 0.29) is 5.82 Å². The topological polar surface area (TPSA) is 24.3 Å². The molecule has 5 rings (SSSR count). The van der Waals surface area contributed by atoms with Crippen LogP contribution in [0.1, 0.15) is 24.0 Å². The van der Waals surface area contributed by atoms with E-state index in [9.17, 15) is 4.39 Å². The number of aromatic nitrogens is 2. The zero-order valence-corrected chi connectivity index (χ0v) is 19.1. The van der Waals surface area contributed by atoms with Crippen LogP contribution in [-0.2, 0) is 6.54 Å². The molecular weight excluding hydrogens is 423 g/mol. The Morgan fingerprint density at radius 1 is 1.12 bits per heavy atom. The molecule has 0 aliphatic carbocycles. The summed E-state index contributed by atoms with van der Waals surface area (Å²) in [6, 6.07) is 13.0. The minimum absolute atomic E-state index is 0.221. The van der Waals surface area contributed by atoms with Crippen LogP contribution in [0.3, 0.4) is 0 Å². The van der Waals surface area contributed by atoms with Gasteiger partial charge in [-0.15, -0.1) is 0 Å². The second-order valence-corrected chi connectivity index (χ2v) is 9.41. The minimum atomic E-state index is -0.221. The van der Waals surface area contributed by atoms with Crippen molar-refractivity contribution >= 4 is 28.2 Å². The lowest BCUT2D eigenvalue weighted by Gasteiger charge is -2.33. The van der Waals surface area contributed by atoms with Crippen molar-refractivity contribution in [3.8, 4) is 0 Å². The first kappa shape index (κ1) is 21.2. The van der Waals surface area contributed by atoms with Crippen LogP contribution in [-0.4, -0.2) is 52.6 Å². The maximum Gasteiger partial charge on any atom is 0.123 e. The van der Waals surface area contributed by atoms with Crippen LogP contribution < -0.4 is 0 Å². The van der Waals surface area contributed by atoms with Crippen LogP contribution in [0.25, 0.3) is 16.6 Å². The largest absolute Gasteiger partial charge is 0.372 e. The van der Waals surface area contributed by atoms with Crippen molar-refractivity contribution in [3.63, 3.8) is 0 Å². The molecule has 0 bridgehead atoms. The molecule has 32 heavy (non-hydrogen) atoms. The van der Waals surface area contributed by atoms with Crippen LogP contribution in [0.4, 0.5) is 4.39 Å². The van der Waals surface area contributed by atoms with Gasteiger partial charge >= 0.3 is 0 Å². The molecule has 0 radical (unpaired) electrons. The highest BCUT2D eigenvalue weighted by Gasteiger charge is 2.21. The quantitative estimate of drug-likeness (QED) is 0.524. The van der Waals surface area contributed by atoms with E-state index in [0.29, 0.717) is 6.54 Å². The SMILES string of the molecule is CN1CCC(CN2C=C(Cl)C(c3ccc4ncn(Cc5cccc(F)c5)c4c3)=CC2)CC1. The molecule has 6 heteroatoms. The van der Waals surface area contributed by atoms with Gasteiger partial charge in [0.25, 0.3) is 0 Å². The predicted molar refractivity (Wildman–Crippen MR) is 129 cm³/mol. The van der Waals surface area contributed by atoms with Gasteiger partial charge in [-0.25, -0.2) is 9.37 Å². The fourth-order valence-corrected chi connectivity index (χ4v) is 5.05. The second-order valence-electron chi connectivity index (χ2n) is 9.00. The van der Waals surface area contributed by atoms with Gasteiger partial charge in [-0.2, -0.15) is 0 Å². The third-order valence-corrected chi connectivity index (χ3v) is 6.89. The molecule has 4 nitrogen and oxygen atoms in total. The molecule has 1 fully saturated rings. The summed E-state index contributed by atoms with van der Waals surface area (Å²) in [5, 5.41) is 0.778. The summed E-state index contributed by atoms with van der Waals surface area (Å²) in [7, 11) is 2.20. The van der Waals surface area contributed by atoms with Gasteiger partial charge in [-0.1, -0.05) is 35.9 Å². The van der Waals surface area contributed by atoms with Crippen molar-refractivity contribution in [2.45, 2.75) is 19.4 Å². The smallest absolute Gasteiger partial charge is 0.123 e. The van der Waals surface area contributed by atoms with Crippen molar-refractivity contribution < 1.29 is 4.39 Å². The summed E-state index contributed by atoms with van der Waals surface area (Å²) in [5.74, 6) is 0.511. The van der Waals surface area contributed by atoms with Gasteiger partial charge in [0.2, 0.25) is 0 Å².